The van der Waals surface area contributed by atoms with E-state index in [1.54, 1.807) is 42.6 Å². The standard InChI is InChI=1S/C21H20N4O3S/c1-14-13-25-19(16-5-7-17(26)8-6-16)12-23-21(25)20(24-14)22-11-15-3-9-18(10-4-15)29(2,27)28/h3-10,12-13,26H,11H2,1-2H3,(H,22,24). The summed E-state index contributed by atoms with van der Waals surface area (Å²) in [6.45, 7) is 2.39. The predicted octanol–water partition coefficient (Wildman–Crippen LogP) is 3.43. The molecule has 2 heterocycles. The Morgan fingerprint density at radius 2 is 1.76 bits per heavy atom. The van der Waals surface area contributed by atoms with Gasteiger partial charge >= 0.3 is 0 Å². The van der Waals surface area contributed by atoms with Gasteiger partial charge in [0.05, 0.1) is 22.5 Å². The van der Waals surface area contributed by atoms with E-state index in [1.807, 2.05) is 29.7 Å². The van der Waals surface area contributed by atoms with E-state index in [9.17, 15) is 13.5 Å². The van der Waals surface area contributed by atoms with Gasteiger partial charge in [-0.05, 0) is 48.9 Å². The van der Waals surface area contributed by atoms with Gasteiger partial charge in [-0.1, -0.05) is 12.1 Å². The highest BCUT2D eigenvalue weighted by molar-refractivity contribution is 7.90. The van der Waals surface area contributed by atoms with Crippen molar-refractivity contribution in [3.8, 4) is 17.0 Å². The molecular formula is C21H20N4O3S. The third-order valence-corrected chi connectivity index (χ3v) is 5.72. The first-order valence-corrected chi connectivity index (χ1v) is 10.9. The fourth-order valence-corrected chi connectivity index (χ4v) is 3.74. The smallest absolute Gasteiger partial charge is 0.180 e. The number of fused-ring (bicyclic) bond motifs is 1. The number of nitrogens with zero attached hydrogens (tertiary/aromatic N) is 3. The highest BCUT2D eigenvalue weighted by Gasteiger charge is 2.12. The Morgan fingerprint density at radius 3 is 2.41 bits per heavy atom. The number of anilines is 1. The molecule has 2 aromatic carbocycles. The summed E-state index contributed by atoms with van der Waals surface area (Å²) < 4.78 is 25.2. The first kappa shape index (κ1) is 18.9. The summed E-state index contributed by atoms with van der Waals surface area (Å²) in [6, 6.07) is 13.7. The monoisotopic (exact) mass is 408 g/mol. The number of aryl methyl sites for hydroxylation is 1. The van der Waals surface area contributed by atoms with Crippen LogP contribution in [0.2, 0.25) is 0 Å². The van der Waals surface area contributed by atoms with E-state index in [0.717, 1.165) is 22.5 Å². The SMILES string of the molecule is Cc1cn2c(-c3ccc(O)cc3)cnc2c(NCc2ccc(S(C)(=O)=O)cc2)n1. The van der Waals surface area contributed by atoms with Crippen molar-refractivity contribution in [1.29, 1.82) is 0 Å². The Kier molecular flexibility index (Phi) is 4.71. The summed E-state index contributed by atoms with van der Waals surface area (Å²) in [7, 11) is -3.21. The van der Waals surface area contributed by atoms with Crippen molar-refractivity contribution in [2.45, 2.75) is 18.4 Å². The number of aromatic hydroxyl groups is 1. The topological polar surface area (TPSA) is 96.6 Å². The molecule has 0 aliphatic carbocycles. The number of phenolic OH excluding ortho intramolecular Hbond substituents is 1. The van der Waals surface area contributed by atoms with Gasteiger partial charge in [0.1, 0.15) is 5.75 Å². The quantitative estimate of drug-likeness (QED) is 0.525. The van der Waals surface area contributed by atoms with Crippen LogP contribution in [0.25, 0.3) is 16.9 Å². The maximum Gasteiger partial charge on any atom is 0.180 e. The van der Waals surface area contributed by atoms with Gasteiger partial charge in [0, 0.05) is 24.6 Å². The fraction of sp³-hybridized carbons (Fsp3) is 0.143. The van der Waals surface area contributed by atoms with Crippen LogP contribution in [0, 0.1) is 6.92 Å². The van der Waals surface area contributed by atoms with E-state index in [1.165, 1.54) is 6.26 Å². The lowest BCUT2D eigenvalue weighted by molar-refractivity contribution is 0.475. The molecule has 4 aromatic rings. The summed E-state index contributed by atoms with van der Waals surface area (Å²) in [6.07, 6.45) is 4.88. The second-order valence-corrected chi connectivity index (χ2v) is 8.90. The molecule has 0 unspecified atom stereocenters. The number of imidazole rings is 1. The second-order valence-electron chi connectivity index (χ2n) is 6.88. The van der Waals surface area contributed by atoms with E-state index >= 15 is 0 Å². The van der Waals surface area contributed by atoms with Gasteiger partial charge in [0.15, 0.2) is 21.3 Å². The van der Waals surface area contributed by atoms with Gasteiger partial charge in [0.2, 0.25) is 0 Å². The third kappa shape index (κ3) is 3.93. The highest BCUT2D eigenvalue weighted by atomic mass is 32.2. The summed E-state index contributed by atoms with van der Waals surface area (Å²) in [4.78, 5) is 9.37. The Labute approximate surface area is 168 Å². The number of phenols is 1. The van der Waals surface area contributed by atoms with Gasteiger partial charge in [-0.2, -0.15) is 0 Å². The molecule has 148 valence electrons. The number of benzene rings is 2. The van der Waals surface area contributed by atoms with E-state index in [0.29, 0.717) is 22.9 Å². The molecule has 0 saturated carbocycles. The van der Waals surface area contributed by atoms with Crippen molar-refractivity contribution in [2.75, 3.05) is 11.6 Å². The molecule has 29 heavy (non-hydrogen) atoms. The number of nitrogens with one attached hydrogen (secondary N) is 1. The van der Waals surface area contributed by atoms with Crippen LogP contribution in [-0.4, -0.2) is 34.1 Å². The number of aromatic nitrogens is 3. The number of rotatable bonds is 5. The van der Waals surface area contributed by atoms with Crippen LogP contribution in [0.4, 0.5) is 5.82 Å². The zero-order valence-corrected chi connectivity index (χ0v) is 16.8. The summed E-state index contributed by atoms with van der Waals surface area (Å²) >= 11 is 0. The zero-order chi connectivity index (χ0) is 20.6. The van der Waals surface area contributed by atoms with Crippen molar-refractivity contribution in [2.24, 2.45) is 0 Å². The lowest BCUT2D eigenvalue weighted by Gasteiger charge is -2.10. The summed E-state index contributed by atoms with van der Waals surface area (Å²) in [5.41, 5.74) is 4.27. The maximum absolute atomic E-state index is 11.6. The molecule has 0 aliphatic heterocycles. The van der Waals surface area contributed by atoms with Gasteiger partial charge < -0.3 is 10.4 Å². The largest absolute Gasteiger partial charge is 0.508 e. The Hall–Kier alpha value is -3.39. The molecule has 0 bridgehead atoms. The molecule has 0 spiro atoms. The first-order valence-electron chi connectivity index (χ1n) is 8.98. The van der Waals surface area contributed by atoms with Crippen molar-refractivity contribution >= 4 is 21.3 Å². The first-order chi connectivity index (χ1) is 13.8. The van der Waals surface area contributed by atoms with Gasteiger partial charge in [-0.15, -0.1) is 0 Å². The molecule has 2 N–H and O–H groups in total. The maximum atomic E-state index is 11.6. The van der Waals surface area contributed by atoms with E-state index < -0.39 is 9.84 Å². The molecule has 0 amide bonds. The molecule has 7 nitrogen and oxygen atoms in total. The summed E-state index contributed by atoms with van der Waals surface area (Å²) in [5.74, 6) is 0.854. The number of hydrogen-bond donors (Lipinski definition) is 2. The minimum Gasteiger partial charge on any atom is -0.508 e. The van der Waals surface area contributed by atoms with Gasteiger partial charge in [-0.3, -0.25) is 4.40 Å². The van der Waals surface area contributed by atoms with Crippen molar-refractivity contribution in [1.82, 2.24) is 14.4 Å². The number of hydrogen-bond acceptors (Lipinski definition) is 6. The van der Waals surface area contributed by atoms with Crippen molar-refractivity contribution in [3.63, 3.8) is 0 Å². The minimum absolute atomic E-state index is 0.213. The Balaban J connectivity index is 1.63. The van der Waals surface area contributed by atoms with Crippen LogP contribution in [0.5, 0.6) is 5.75 Å². The molecule has 2 aromatic heterocycles. The van der Waals surface area contributed by atoms with Crippen LogP contribution in [-0.2, 0) is 16.4 Å². The van der Waals surface area contributed by atoms with Crippen LogP contribution in [0.1, 0.15) is 11.3 Å². The van der Waals surface area contributed by atoms with Crippen molar-refractivity contribution in [3.05, 3.63) is 72.2 Å². The summed E-state index contributed by atoms with van der Waals surface area (Å²) in [5, 5.41) is 12.8. The van der Waals surface area contributed by atoms with E-state index in [-0.39, 0.29) is 5.75 Å². The highest BCUT2D eigenvalue weighted by Crippen LogP contribution is 2.26. The zero-order valence-electron chi connectivity index (χ0n) is 16.0. The Bertz CT molecular complexity index is 1280. The minimum atomic E-state index is -3.21. The molecule has 0 radical (unpaired) electrons. The van der Waals surface area contributed by atoms with Gasteiger partial charge in [-0.25, -0.2) is 18.4 Å². The Morgan fingerprint density at radius 1 is 1.07 bits per heavy atom. The van der Waals surface area contributed by atoms with E-state index in [4.69, 9.17) is 0 Å². The van der Waals surface area contributed by atoms with Crippen LogP contribution >= 0.6 is 0 Å². The molecule has 8 heteroatoms. The molecule has 0 aliphatic rings. The predicted molar refractivity (Wildman–Crippen MR) is 112 cm³/mol. The van der Waals surface area contributed by atoms with Crippen molar-refractivity contribution < 1.29 is 13.5 Å². The average Bonchev–Trinajstić information content (AvgIpc) is 3.10. The molecule has 0 saturated heterocycles. The van der Waals surface area contributed by atoms with E-state index in [2.05, 4.69) is 15.3 Å². The molecular weight excluding hydrogens is 388 g/mol. The van der Waals surface area contributed by atoms with Crippen LogP contribution < -0.4 is 5.32 Å². The lowest BCUT2D eigenvalue weighted by Crippen LogP contribution is -2.06. The fourth-order valence-electron chi connectivity index (χ4n) is 3.11. The van der Waals surface area contributed by atoms with Crippen LogP contribution in [0.15, 0.2) is 65.8 Å². The average molecular weight is 408 g/mol. The molecule has 0 fully saturated rings. The van der Waals surface area contributed by atoms with Gasteiger partial charge in [0.25, 0.3) is 0 Å². The lowest BCUT2D eigenvalue weighted by atomic mass is 10.1. The third-order valence-electron chi connectivity index (χ3n) is 4.59. The van der Waals surface area contributed by atoms with Crippen LogP contribution in [0.3, 0.4) is 0 Å². The molecule has 4 rings (SSSR count). The molecule has 0 atom stereocenters. The second kappa shape index (κ2) is 7.21. The number of sulfone groups is 1. The normalized spacial score (nSPS) is 11.7.